The number of hydrogen-bond acceptors (Lipinski definition) is 2. The third kappa shape index (κ3) is 4.29. The predicted molar refractivity (Wildman–Crippen MR) is 188 cm³/mol. The number of nitrogens with two attached hydrogens (primary N) is 1. The summed E-state index contributed by atoms with van der Waals surface area (Å²) >= 11 is 0. The summed E-state index contributed by atoms with van der Waals surface area (Å²) in [7, 11) is 0. The molecule has 44 heavy (non-hydrogen) atoms. The lowest BCUT2D eigenvalue weighted by Crippen LogP contribution is -2.10. The van der Waals surface area contributed by atoms with Crippen molar-refractivity contribution < 1.29 is 0 Å². The number of aryl methyl sites for hydroxylation is 1. The number of aromatic nitrogens is 1. The van der Waals surface area contributed by atoms with Crippen LogP contribution in [-0.2, 0) is 0 Å². The minimum atomic E-state index is 0.768. The summed E-state index contributed by atoms with van der Waals surface area (Å²) in [6.07, 6.45) is 0. The molecule has 0 spiro atoms. The molecule has 3 heteroatoms. The van der Waals surface area contributed by atoms with Crippen molar-refractivity contribution in [3.8, 4) is 16.8 Å². The van der Waals surface area contributed by atoms with Crippen LogP contribution >= 0.6 is 0 Å². The van der Waals surface area contributed by atoms with Crippen LogP contribution in [0.1, 0.15) is 5.56 Å². The number of nitrogen functional groups attached to an aromatic ring is 1. The van der Waals surface area contributed by atoms with Gasteiger partial charge < -0.3 is 15.2 Å². The van der Waals surface area contributed by atoms with Gasteiger partial charge in [0.1, 0.15) is 0 Å². The molecule has 7 aromatic carbocycles. The fourth-order valence-electron chi connectivity index (χ4n) is 6.47. The molecule has 1 heterocycles. The van der Waals surface area contributed by atoms with Gasteiger partial charge in [0.15, 0.2) is 0 Å². The van der Waals surface area contributed by atoms with E-state index < -0.39 is 0 Å². The first-order chi connectivity index (χ1) is 21.7. The Hall–Kier alpha value is -5.80. The van der Waals surface area contributed by atoms with E-state index in [2.05, 4.69) is 162 Å². The highest BCUT2D eigenvalue weighted by atomic mass is 15.1. The number of benzene rings is 7. The van der Waals surface area contributed by atoms with Crippen molar-refractivity contribution in [1.29, 1.82) is 0 Å². The Morgan fingerprint density at radius 3 is 1.91 bits per heavy atom. The van der Waals surface area contributed by atoms with E-state index in [4.69, 9.17) is 5.73 Å². The van der Waals surface area contributed by atoms with Crippen molar-refractivity contribution in [2.24, 2.45) is 0 Å². The second-order valence-corrected chi connectivity index (χ2v) is 11.4. The average molecular weight is 566 g/mol. The second-order valence-electron chi connectivity index (χ2n) is 11.4. The monoisotopic (exact) mass is 565 g/mol. The Bertz CT molecular complexity index is 2280. The average Bonchev–Trinajstić information content (AvgIpc) is 3.40. The number of hydrogen-bond donors (Lipinski definition) is 1. The predicted octanol–water partition coefficient (Wildman–Crippen LogP) is 11.0. The second kappa shape index (κ2) is 10.5. The molecule has 0 aliphatic rings. The third-order valence-corrected chi connectivity index (χ3v) is 8.58. The van der Waals surface area contributed by atoms with Crippen LogP contribution in [0.5, 0.6) is 0 Å². The van der Waals surface area contributed by atoms with E-state index in [1.54, 1.807) is 0 Å². The number of rotatable bonds is 5. The van der Waals surface area contributed by atoms with Gasteiger partial charge in [-0.15, -0.1) is 0 Å². The van der Waals surface area contributed by atoms with Crippen molar-refractivity contribution in [3.63, 3.8) is 0 Å². The van der Waals surface area contributed by atoms with Crippen LogP contribution in [0.4, 0.5) is 22.7 Å². The van der Waals surface area contributed by atoms with Crippen LogP contribution in [0.2, 0.25) is 0 Å². The van der Waals surface area contributed by atoms with Crippen molar-refractivity contribution in [2.75, 3.05) is 10.6 Å². The van der Waals surface area contributed by atoms with Crippen molar-refractivity contribution >= 4 is 55.3 Å². The van der Waals surface area contributed by atoms with E-state index in [9.17, 15) is 0 Å². The fourth-order valence-corrected chi connectivity index (χ4v) is 6.47. The SMILES string of the molecule is Cc1ccc(N(c2ccc3c(c2)c2ccccc2n3-c2ccccc2)c2ccc(-c3ccc(N)cc3)c3ccccc23)cc1. The standard InChI is InChI=1S/C41H31N3/c1-28-15-21-32(22-16-28)43(40-26-24-34(29-17-19-30(42)20-18-29)35-11-5-6-12-36(35)40)33-23-25-41-38(27-33)37-13-7-8-14-39(37)44(41)31-9-3-2-4-10-31/h2-27H,42H2,1H3. The van der Waals surface area contributed by atoms with Gasteiger partial charge in [0.25, 0.3) is 0 Å². The Morgan fingerprint density at radius 1 is 0.500 bits per heavy atom. The fraction of sp³-hybridized carbons (Fsp3) is 0.0244. The summed E-state index contributed by atoms with van der Waals surface area (Å²) in [5.41, 5.74) is 17.3. The molecule has 0 unspecified atom stereocenters. The lowest BCUT2D eigenvalue weighted by molar-refractivity contribution is 1.18. The molecular formula is C41H31N3. The van der Waals surface area contributed by atoms with Crippen molar-refractivity contribution in [1.82, 2.24) is 4.57 Å². The topological polar surface area (TPSA) is 34.2 Å². The molecular weight excluding hydrogens is 534 g/mol. The smallest absolute Gasteiger partial charge is 0.0542 e. The minimum absolute atomic E-state index is 0.768. The Kier molecular flexibility index (Phi) is 6.16. The number of anilines is 4. The summed E-state index contributed by atoms with van der Waals surface area (Å²) in [5, 5.41) is 4.85. The van der Waals surface area contributed by atoms with Gasteiger partial charge in [0.2, 0.25) is 0 Å². The van der Waals surface area contributed by atoms with Gasteiger partial charge in [-0.2, -0.15) is 0 Å². The van der Waals surface area contributed by atoms with E-state index in [0.29, 0.717) is 0 Å². The lowest BCUT2D eigenvalue weighted by atomic mass is 9.96. The molecule has 0 fully saturated rings. The maximum absolute atomic E-state index is 6.02. The van der Waals surface area contributed by atoms with Gasteiger partial charge in [-0.05, 0) is 90.2 Å². The zero-order valence-electron chi connectivity index (χ0n) is 24.5. The van der Waals surface area contributed by atoms with Gasteiger partial charge in [0.05, 0.1) is 16.7 Å². The van der Waals surface area contributed by atoms with Gasteiger partial charge in [-0.3, -0.25) is 0 Å². The number of para-hydroxylation sites is 2. The van der Waals surface area contributed by atoms with Crippen LogP contribution in [-0.4, -0.2) is 4.57 Å². The van der Waals surface area contributed by atoms with E-state index in [1.165, 1.54) is 43.7 Å². The third-order valence-electron chi connectivity index (χ3n) is 8.58. The molecule has 8 aromatic rings. The van der Waals surface area contributed by atoms with Crippen LogP contribution in [0.3, 0.4) is 0 Å². The zero-order valence-corrected chi connectivity index (χ0v) is 24.5. The maximum Gasteiger partial charge on any atom is 0.0542 e. The number of nitrogens with zero attached hydrogens (tertiary/aromatic N) is 2. The van der Waals surface area contributed by atoms with Gasteiger partial charge in [0, 0.05) is 38.9 Å². The highest BCUT2D eigenvalue weighted by Crippen LogP contribution is 2.44. The summed E-state index contributed by atoms with van der Waals surface area (Å²) in [6.45, 7) is 2.13. The molecule has 1 aromatic heterocycles. The minimum Gasteiger partial charge on any atom is -0.399 e. The van der Waals surface area contributed by atoms with E-state index in [1.807, 2.05) is 12.1 Å². The molecule has 0 radical (unpaired) electrons. The highest BCUT2D eigenvalue weighted by Gasteiger charge is 2.20. The van der Waals surface area contributed by atoms with Crippen LogP contribution in [0.15, 0.2) is 158 Å². The largest absolute Gasteiger partial charge is 0.399 e. The molecule has 8 rings (SSSR count). The van der Waals surface area contributed by atoms with Gasteiger partial charge in [-0.25, -0.2) is 0 Å². The molecule has 0 saturated carbocycles. The summed E-state index contributed by atoms with van der Waals surface area (Å²) in [6, 6.07) is 56.3. The first kappa shape index (κ1) is 25.9. The molecule has 0 saturated heterocycles. The van der Waals surface area contributed by atoms with Crippen LogP contribution in [0, 0.1) is 6.92 Å². The van der Waals surface area contributed by atoms with Gasteiger partial charge in [-0.1, -0.05) is 96.6 Å². The first-order valence-corrected chi connectivity index (χ1v) is 15.0. The molecule has 2 N–H and O–H groups in total. The molecule has 0 bridgehead atoms. The van der Waals surface area contributed by atoms with Crippen LogP contribution in [0.25, 0.3) is 49.4 Å². The summed E-state index contributed by atoms with van der Waals surface area (Å²) in [4.78, 5) is 2.39. The molecule has 0 aliphatic carbocycles. The lowest BCUT2D eigenvalue weighted by Gasteiger charge is -2.28. The number of fused-ring (bicyclic) bond motifs is 4. The summed E-state index contributed by atoms with van der Waals surface area (Å²) < 4.78 is 2.36. The van der Waals surface area contributed by atoms with Crippen molar-refractivity contribution in [2.45, 2.75) is 6.92 Å². The molecule has 210 valence electrons. The van der Waals surface area contributed by atoms with Crippen molar-refractivity contribution in [3.05, 3.63) is 163 Å². The molecule has 0 aliphatic heterocycles. The zero-order chi connectivity index (χ0) is 29.6. The summed E-state index contributed by atoms with van der Waals surface area (Å²) in [5.74, 6) is 0. The Morgan fingerprint density at radius 2 is 1.14 bits per heavy atom. The van der Waals surface area contributed by atoms with E-state index >= 15 is 0 Å². The Balaban J connectivity index is 1.38. The first-order valence-electron chi connectivity index (χ1n) is 15.0. The van der Waals surface area contributed by atoms with Crippen LogP contribution < -0.4 is 10.6 Å². The van der Waals surface area contributed by atoms with E-state index in [0.717, 1.165) is 34.0 Å². The molecule has 3 nitrogen and oxygen atoms in total. The van der Waals surface area contributed by atoms with Gasteiger partial charge >= 0.3 is 0 Å². The molecule has 0 amide bonds. The quantitative estimate of drug-likeness (QED) is 0.211. The normalized spacial score (nSPS) is 11.4. The maximum atomic E-state index is 6.02. The molecule has 0 atom stereocenters. The highest BCUT2D eigenvalue weighted by molar-refractivity contribution is 6.12. The van der Waals surface area contributed by atoms with E-state index in [-0.39, 0.29) is 0 Å². The Labute approximate surface area is 257 Å².